The van der Waals surface area contributed by atoms with E-state index in [1.54, 1.807) is 7.11 Å². The highest BCUT2D eigenvalue weighted by Gasteiger charge is 2.22. The molecule has 3 rings (SSSR count). The summed E-state index contributed by atoms with van der Waals surface area (Å²) in [6, 6.07) is 13.1. The fourth-order valence-electron chi connectivity index (χ4n) is 3.53. The standard InChI is InChI=1S/C19H26N2O.ClH/c1-14(20)15-9-11-21(12-10-15)13-16-7-8-19(22-2)18-6-4-3-5-17(16)18;/h3-8,14-15H,9-13,20H2,1-2H3;1H. The van der Waals surface area contributed by atoms with E-state index in [1.165, 1.54) is 29.2 Å². The van der Waals surface area contributed by atoms with Crippen LogP contribution in [0.1, 0.15) is 25.3 Å². The Balaban J connectivity index is 0.00000192. The highest BCUT2D eigenvalue weighted by atomic mass is 35.5. The maximum absolute atomic E-state index is 6.04. The first-order chi connectivity index (χ1) is 10.7. The van der Waals surface area contributed by atoms with Gasteiger partial charge in [0.05, 0.1) is 7.11 Å². The molecule has 2 aromatic carbocycles. The predicted octanol–water partition coefficient (Wildman–Crippen LogP) is 3.83. The van der Waals surface area contributed by atoms with Gasteiger partial charge in [-0.2, -0.15) is 0 Å². The lowest BCUT2D eigenvalue weighted by molar-refractivity contribution is 0.166. The fraction of sp³-hybridized carbons (Fsp3) is 0.474. The summed E-state index contributed by atoms with van der Waals surface area (Å²) in [5.41, 5.74) is 7.42. The number of rotatable bonds is 4. The van der Waals surface area contributed by atoms with E-state index in [9.17, 15) is 0 Å². The average Bonchev–Trinajstić information content (AvgIpc) is 2.55. The van der Waals surface area contributed by atoms with E-state index in [2.05, 4.69) is 48.2 Å². The molecule has 1 saturated heterocycles. The van der Waals surface area contributed by atoms with Crippen LogP contribution in [0, 0.1) is 5.92 Å². The van der Waals surface area contributed by atoms with Crippen molar-refractivity contribution in [2.75, 3.05) is 20.2 Å². The fourth-order valence-corrected chi connectivity index (χ4v) is 3.53. The normalized spacial score (nSPS) is 17.7. The molecular formula is C19H27ClN2O. The largest absolute Gasteiger partial charge is 0.496 e. The Morgan fingerprint density at radius 1 is 1.13 bits per heavy atom. The minimum Gasteiger partial charge on any atom is -0.496 e. The molecule has 1 heterocycles. The van der Waals surface area contributed by atoms with Gasteiger partial charge in [-0.25, -0.2) is 0 Å². The van der Waals surface area contributed by atoms with Crippen molar-refractivity contribution in [3.63, 3.8) is 0 Å². The molecule has 1 fully saturated rings. The van der Waals surface area contributed by atoms with Crippen molar-refractivity contribution in [3.05, 3.63) is 42.0 Å². The molecule has 0 aromatic heterocycles. The summed E-state index contributed by atoms with van der Waals surface area (Å²) in [7, 11) is 1.74. The molecule has 1 aliphatic heterocycles. The zero-order chi connectivity index (χ0) is 15.5. The van der Waals surface area contributed by atoms with Crippen molar-refractivity contribution in [3.8, 4) is 5.75 Å². The molecule has 0 saturated carbocycles. The van der Waals surface area contributed by atoms with E-state index in [0.29, 0.717) is 12.0 Å². The molecule has 0 spiro atoms. The molecular weight excluding hydrogens is 308 g/mol. The lowest BCUT2D eigenvalue weighted by atomic mass is 9.90. The van der Waals surface area contributed by atoms with Gasteiger partial charge in [0.1, 0.15) is 5.75 Å². The monoisotopic (exact) mass is 334 g/mol. The summed E-state index contributed by atoms with van der Waals surface area (Å²) < 4.78 is 5.49. The van der Waals surface area contributed by atoms with Gasteiger partial charge in [-0.1, -0.05) is 30.3 Å². The number of hydrogen-bond donors (Lipinski definition) is 1. The Bertz CT molecular complexity index is 636. The maximum atomic E-state index is 6.04. The molecule has 2 aromatic rings. The van der Waals surface area contributed by atoms with Crippen LogP contribution >= 0.6 is 12.4 Å². The first-order valence-electron chi connectivity index (χ1n) is 8.21. The van der Waals surface area contributed by atoms with Crippen LogP contribution in [0.3, 0.4) is 0 Å². The molecule has 4 heteroatoms. The third kappa shape index (κ3) is 3.97. The van der Waals surface area contributed by atoms with Crippen molar-refractivity contribution in [1.29, 1.82) is 0 Å². The van der Waals surface area contributed by atoms with Crippen LogP contribution in [0.5, 0.6) is 5.75 Å². The van der Waals surface area contributed by atoms with Gasteiger partial charge in [-0.05, 0) is 55.8 Å². The SMILES string of the molecule is COc1ccc(CN2CCC(C(C)N)CC2)c2ccccc12.Cl. The van der Waals surface area contributed by atoms with Gasteiger partial charge in [0.2, 0.25) is 0 Å². The molecule has 1 unspecified atom stereocenters. The van der Waals surface area contributed by atoms with Crippen LogP contribution in [0.25, 0.3) is 10.8 Å². The van der Waals surface area contributed by atoms with Crippen molar-refractivity contribution in [2.24, 2.45) is 11.7 Å². The van der Waals surface area contributed by atoms with Crippen LogP contribution in [0.4, 0.5) is 0 Å². The Morgan fingerprint density at radius 3 is 2.39 bits per heavy atom. The lowest BCUT2D eigenvalue weighted by Crippen LogP contribution is -2.39. The van der Waals surface area contributed by atoms with Crippen LogP contribution in [-0.4, -0.2) is 31.1 Å². The lowest BCUT2D eigenvalue weighted by Gasteiger charge is -2.34. The second-order valence-electron chi connectivity index (χ2n) is 6.45. The highest BCUT2D eigenvalue weighted by molar-refractivity contribution is 5.91. The zero-order valence-electron chi connectivity index (χ0n) is 14.0. The predicted molar refractivity (Wildman–Crippen MR) is 99.4 cm³/mol. The topological polar surface area (TPSA) is 38.5 Å². The van der Waals surface area contributed by atoms with Gasteiger partial charge < -0.3 is 10.5 Å². The molecule has 3 nitrogen and oxygen atoms in total. The maximum Gasteiger partial charge on any atom is 0.126 e. The smallest absolute Gasteiger partial charge is 0.126 e. The second kappa shape index (κ2) is 8.00. The molecule has 126 valence electrons. The molecule has 0 amide bonds. The molecule has 2 N–H and O–H groups in total. The van der Waals surface area contributed by atoms with E-state index in [-0.39, 0.29) is 12.4 Å². The second-order valence-corrected chi connectivity index (χ2v) is 6.45. The Kier molecular flexibility index (Phi) is 6.28. The number of hydrogen-bond acceptors (Lipinski definition) is 3. The number of nitrogens with zero attached hydrogens (tertiary/aromatic N) is 1. The Morgan fingerprint density at radius 2 is 1.78 bits per heavy atom. The Hall–Kier alpha value is -1.29. The molecule has 0 radical (unpaired) electrons. The van der Waals surface area contributed by atoms with Gasteiger partial charge in [0.15, 0.2) is 0 Å². The van der Waals surface area contributed by atoms with Crippen LogP contribution in [-0.2, 0) is 6.54 Å². The van der Waals surface area contributed by atoms with Crippen molar-refractivity contribution < 1.29 is 4.74 Å². The first-order valence-corrected chi connectivity index (χ1v) is 8.21. The van der Waals surface area contributed by atoms with Crippen molar-refractivity contribution in [1.82, 2.24) is 4.90 Å². The minimum absolute atomic E-state index is 0. The molecule has 1 aliphatic rings. The number of fused-ring (bicyclic) bond motifs is 1. The molecule has 23 heavy (non-hydrogen) atoms. The van der Waals surface area contributed by atoms with Gasteiger partial charge in [0, 0.05) is 18.0 Å². The van der Waals surface area contributed by atoms with Gasteiger partial charge >= 0.3 is 0 Å². The Labute approximate surface area is 145 Å². The number of nitrogens with two attached hydrogens (primary N) is 1. The van der Waals surface area contributed by atoms with E-state index >= 15 is 0 Å². The number of methoxy groups -OCH3 is 1. The summed E-state index contributed by atoms with van der Waals surface area (Å²) in [5, 5.41) is 2.50. The highest BCUT2D eigenvalue weighted by Crippen LogP contribution is 2.30. The molecule has 0 bridgehead atoms. The number of halogens is 1. The summed E-state index contributed by atoms with van der Waals surface area (Å²) >= 11 is 0. The van der Waals surface area contributed by atoms with E-state index < -0.39 is 0 Å². The van der Waals surface area contributed by atoms with Gasteiger partial charge in [0.25, 0.3) is 0 Å². The minimum atomic E-state index is 0. The number of ether oxygens (including phenoxy) is 1. The molecule has 0 aliphatic carbocycles. The quantitative estimate of drug-likeness (QED) is 0.923. The summed E-state index contributed by atoms with van der Waals surface area (Å²) in [6.45, 7) is 5.44. The zero-order valence-corrected chi connectivity index (χ0v) is 14.8. The van der Waals surface area contributed by atoms with E-state index in [0.717, 1.165) is 25.4 Å². The number of likely N-dealkylation sites (tertiary alicyclic amines) is 1. The van der Waals surface area contributed by atoms with E-state index in [1.807, 2.05) is 0 Å². The molecule has 1 atom stereocenters. The van der Waals surface area contributed by atoms with Crippen LogP contribution in [0.2, 0.25) is 0 Å². The van der Waals surface area contributed by atoms with Crippen molar-refractivity contribution >= 4 is 23.2 Å². The van der Waals surface area contributed by atoms with Crippen LogP contribution in [0.15, 0.2) is 36.4 Å². The van der Waals surface area contributed by atoms with Crippen molar-refractivity contribution in [2.45, 2.75) is 32.4 Å². The number of benzene rings is 2. The third-order valence-electron chi connectivity index (χ3n) is 4.96. The number of piperidine rings is 1. The first kappa shape index (κ1) is 18.1. The summed E-state index contributed by atoms with van der Waals surface area (Å²) in [4.78, 5) is 2.55. The summed E-state index contributed by atoms with van der Waals surface area (Å²) in [6.07, 6.45) is 2.43. The van der Waals surface area contributed by atoms with E-state index in [4.69, 9.17) is 10.5 Å². The van der Waals surface area contributed by atoms with Crippen LogP contribution < -0.4 is 10.5 Å². The summed E-state index contributed by atoms with van der Waals surface area (Å²) in [5.74, 6) is 1.64. The third-order valence-corrected chi connectivity index (χ3v) is 4.96. The van der Waals surface area contributed by atoms with Gasteiger partial charge in [-0.15, -0.1) is 12.4 Å². The average molecular weight is 335 g/mol. The van der Waals surface area contributed by atoms with Gasteiger partial charge in [-0.3, -0.25) is 4.90 Å².